The van der Waals surface area contributed by atoms with Gasteiger partial charge in [-0.2, -0.15) is 0 Å². The number of nitrogens with zero attached hydrogens (tertiary/aromatic N) is 2. The molecule has 160 valence electrons. The summed E-state index contributed by atoms with van der Waals surface area (Å²) >= 11 is 0. The van der Waals surface area contributed by atoms with E-state index in [9.17, 15) is 4.79 Å². The Labute approximate surface area is 182 Å². The van der Waals surface area contributed by atoms with E-state index in [1.807, 2.05) is 20.8 Å². The third-order valence-corrected chi connectivity index (χ3v) is 3.94. The molecule has 8 heteroatoms. The summed E-state index contributed by atoms with van der Waals surface area (Å²) < 4.78 is 11.0. The van der Waals surface area contributed by atoms with E-state index in [2.05, 4.69) is 22.5 Å². The predicted molar refractivity (Wildman–Crippen MR) is 121 cm³/mol. The molecule has 0 aliphatic heterocycles. The topological polar surface area (TPSA) is 75.2 Å². The molecule has 0 spiro atoms. The first-order valence-corrected chi connectivity index (χ1v) is 9.67. The summed E-state index contributed by atoms with van der Waals surface area (Å²) in [4.78, 5) is 17.8. The monoisotopic (exact) mass is 498 g/mol. The molecule has 27 heavy (non-hydrogen) atoms. The van der Waals surface area contributed by atoms with Gasteiger partial charge in [0.15, 0.2) is 5.96 Å². The van der Waals surface area contributed by atoms with Crippen LogP contribution in [0.4, 0.5) is 4.79 Å². The fourth-order valence-electron chi connectivity index (χ4n) is 2.35. The average molecular weight is 498 g/mol. The number of guanidine groups is 1. The quantitative estimate of drug-likeness (QED) is 0.210. The molecule has 1 aliphatic rings. The van der Waals surface area contributed by atoms with Crippen LogP contribution < -0.4 is 10.6 Å². The normalized spacial score (nSPS) is 15.6. The molecule has 0 heterocycles. The van der Waals surface area contributed by atoms with Gasteiger partial charge in [0.1, 0.15) is 5.60 Å². The van der Waals surface area contributed by atoms with E-state index in [0.717, 1.165) is 44.6 Å². The van der Waals surface area contributed by atoms with Crippen LogP contribution in [0.3, 0.4) is 0 Å². The molecule has 1 atom stereocenters. The molecule has 7 nitrogen and oxygen atoms in total. The van der Waals surface area contributed by atoms with Crippen LogP contribution in [0, 0.1) is 11.8 Å². The van der Waals surface area contributed by atoms with Gasteiger partial charge in [-0.3, -0.25) is 4.99 Å². The molecule has 0 aromatic heterocycles. The van der Waals surface area contributed by atoms with E-state index in [-0.39, 0.29) is 36.0 Å². The maximum Gasteiger partial charge on any atom is 0.410 e. The fraction of sp³-hybridized carbons (Fsp3) is 0.895. The molecule has 0 aromatic carbocycles. The van der Waals surface area contributed by atoms with Crippen molar-refractivity contribution in [1.82, 2.24) is 15.5 Å². The number of halogens is 1. The van der Waals surface area contributed by atoms with Gasteiger partial charge in [-0.1, -0.05) is 6.92 Å². The number of rotatable bonds is 10. The first-order valence-electron chi connectivity index (χ1n) is 9.67. The minimum Gasteiger partial charge on any atom is -0.444 e. The third-order valence-electron chi connectivity index (χ3n) is 3.94. The molecule has 0 saturated heterocycles. The second-order valence-electron chi connectivity index (χ2n) is 8.22. The van der Waals surface area contributed by atoms with Gasteiger partial charge in [0.2, 0.25) is 0 Å². The smallest absolute Gasteiger partial charge is 0.410 e. The minimum atomic E-state index is -0.471. The first-order chi connectivity index (χ1) is 12.2. The average Bonchev–Trinajstić information content (AvgIpc) is 3.36. The van der Waals surface area contributed by atoms with E-state index >= 15 is 0 Å². The van der Waals surface area contributed by atoms with E-state index < -0.39 is 5.60 Å². The van der Waals surface area contributed by atoms with Crippen molar-refractivity contribution in [2.75, 3.05) is 46.9 Å². The van der Waals surface area contributed by atoms with E-state index in [1.165, 1.54) is 12.8 Å². The van der Waals surface area contributed by atoms with Crippen LogP contribution in [0.1, 0.15) is 47.0 Å². The van der Waals surface area contributed by atoms with E-state index in [0.29, 0.717) is 6.54 Å². The molecule has 1 unspecified atom stereocenters. The Kier molecular flexibility index (Phi) is 13.0. The maximum absolute atomic E-state index is 12.0. The second-order valence-corrected chi connectivity index (χ2v) is 8.22. The zero-order valence-electron chi connectivity index (χ0n) is 17.8. The molecule has 0 aromatic rings. The summed E-state index contributed by atoms with van der Waals surface area (Å²) in [7, 11) is 3.52. The van der Waals surface area contributed by atoms with Gasteiger partial charge < -0.3 is 25.0 Å². The summed E-state index contributed by atoms with van der Waals surface area (Å²) in [6, 6.07) is 0. The largest absolute Gasteiger partial charge is 0.444 e. The van der Waals surface area contributed by atoms with Gasteiger partial charge in [-0.15, -0.1) is 24.0 Å². The Morgan fingerprint density at radius 1 is 1.30 bits per heavy atom. The summed E-state index contributed by atoms with van der Waals surface area (Å²) in [6.45, 7) is 11.6. The predicted octanol–water partition coefficient (Wildman–Crippen LogP) is 3.09. The lowest BCUT2D eigenvalue weighted by atomic mass is 10.1. The van der Waals surface area contributed by atoms with Crippen molar-refractivity contribution < 1.29 is 14.3 Å². The summed E-state index contributed by atoms with van der Waals surface area (Å²) in [5.74, 6) is 1.87. The zero-order chi connectivity index (χ0) is 19.6. The van der Waals surface area contributed by atoms with Crippen molar-refractivity contribution in [3.8, 4) is 0 Å². The highest BCUT2D eigenvalue weighted by Gasteiger charge is 2.21. The molecule has 1 amide bonds. The highest BCUT2D eigenvalue weighted by Crippen LogP contribution is 2.28. The van der Waals surface area contributed by atoms with Crippen molar-refractivity contribution >= 4 is 36.0 Å². The maximum atomic E-state index is 12.0. The van der Waals surface area contributed by atoms with Gasteiger partial charge in [0.05, 0.1) is 0 Å². The molecule has 0 bridgehead atoms. The molecular weight excluding hydrogens is 459 g/mol. The van der Waals surface area contributed by atoms with Crippen LogP contribution in [-0.2, 0) is 9.47 Å². The lowest BCUT2D eigenvalue weighted by molar-refractivity contribution is 0.0278. The third kappa shape index (κ3) is 14.0. The van der Waals surface area contributed by atoms with Gasteiger partial charge in [-0.05, 0) is 51.9 Å². The van der Waals surface area contributed by atoms with Crippen molar-refractivity contribution in [1.29, 1.82) is 0 Å². The standard InChI is InChI=1S/C19H38N4O3.HI/c1-15(13-23(6)18(24)26-19(2,3)4)12-22-17(20-5)21-10-7-11-25-14-16-8-9-16;/h15-16H,7-14H2,1-6H3,(H2,20,21,22);1H. The first kappa shape index (κ1) is 26.2. The van der Waals surface area contributed by atoms with Crippen molar-refractivity contribution in [2.24, 2.45) is 16.8 Å². The van der Waals surface area contributed by atoms with Crippen LogP contribution in [0.25, 0.3) is 0 Å². The Morgan fingerprint density at radius 3 is 2.52 bits per heavy atom. The lowest BCUT2D eigenvalue weighted by Crippen LogP contribution is -2.43. The molecule has 1 rings (SSSR count). The van der Waals surface area contributed by atoms with Crippen molar-refractivity contribution in [3.63, 3.8) is 0 Å². The highest BCUT2D eigenvalue weighted by molar-refractivity contribution is 14.0. The zero-order valence-corrected chi connectivity index (χ0v) is 20.2. The number of nitrogens with one attached hydrogen (secondary N) is 2. The number of carbonyl (C=O) groups is 1. The van der Waals surface area contributed by atoms with E-state index in [4.69, 9.17) is 9.47 Å². The van der Waals surface area contributed by atoms with Crippen LogP contribution in [0.2, 0.25) is 0 Å². The SMILES string of the molecule is CN=C(NCCCOCC1CC1)NCC(C)CN(C)C(=O)OC(C)(C)C.I. The van der Waals surface area contributed by atoms with Gasteiger partial charge in [-0.25, -0.2) is 4.79 Å². The van der Waals surface area contributed by atoms with Crippen LogP contribution >= 0.6 is 24.0 Å². The van der Waals surface area contributed by atoms with Crippen LogP contribution in [0.5, 0.6) is 0 Å². The van der Waals surface area contributed by atoms with Crippen LogP contribution in [0.15, 0.2) is 4.99 Å². The number of ether oxygens (including phenoxy) is 2. The van der Waals surface area contributed by atoms with Gasteiger partial charge in [0, 0.05) is 46.9 Å². The second kappa shape index (κ2) is 13.4. The van der Waals surface area contributed by atoms with E-state index in [1.54, 1.807) is 19.0 Å². The van der Waals surface area contributed by atoms with Crippen LogP contribution in [-0.4, -0.2) is 69.5 Å². The lowest BCUT2D eigenvalue weighted by Gasteiger charge is -2.26. The molecular formula is C19H39IN4O3. The van der Waals surface area contributed by atoms with Gasteiger partial charge >= 0.3 is 6.09 Å². The fourth-order valence-corrected chi connectivity index (χ4v) is 2.35. The summed E-state index contributed by atoms with van der Waals surface area (Å²) in [5, 5.41) is 6.59. The number of aliphatic imine (C=N–C) groups is 1. The Morgan fingerprint density at radius 2 is 1.96 bits per heavy atom. The van der Waals surface area contributed by atoms with Gasteiger partial charge in [0.25, 0.3) is 0 Å². The molecule has 1 fully saturated rings. The minimum absolute atomic E-state index is 0. The Bertz CT molecular complexity index is 451. The molecule has 2 N–H and O–H groups in total. The summed E-state index contributed by atoms with van der Waals surface area (Å²) in [5.41, 5.74) is -0.471. The van der Waals surface area contributed by atoms with Crippen molar-refractivity contribution in [3.05, 3.63) is 0 Å². The Balaban J connectivity index is 0.00000676. The highest BCUT2D eigenvalue weighted by atomic mass is 127. The molecule has 1 saturated carbocycles. The number of carbonyl (C=O) groups excluding carboxylic acids is 1. The summed E-state index contributed by atoms with van der Waals surface area (Å²) in [6.07, 6.45) is 3.33. The number of hydrogen-bond acceptors (Lipinski definition) is 4. The number of hydrogen-bond donors (Lipinski definition) is 2. The molecule has 1 aliphatic carbocycles. The molecule has 0 radical (unpaired) electrons. The Hall–Kier alpha value is -0.770. The van der Waals surface area contributed by atoms with Crippen molar-refractivity contribution in [2.45, 2.75) is 52.6 Å². The number of amides is 1.